The van der Waals surface area contributed by atoms with Crippen LogP contribution in [0.2, 0.25) is 0 Å². The Morgan fingerprint density at radius 1 is 0.897 bits per heavy atom. The van der Waals surface area contributed by atoms with Gasteiger partial charge in [0.25, 0.3) is 11.6 Å². The molecule has 0 fully saturated rings. The molecular weight excluding hydrogens is 379 g/mol. The molecule has 1 amide bonds. The Balaban J connectivity index is 1.43. The molecule has 0 radical (unpaired) electrons. The van der Waals surface area contributed by atoms with Gasteiger partial charge in [-0.25, -0.2) is 4.39 Å². The highest BCUT2D eigenvalue weighted by molar-refractivity contribution is 5.77. The van der Waals surface area contributed by atoms with Gasteiger partial charge in [-0.15, -0.1) is 0 Å². The molecule has 3 aromatic carbocycles. The first kappa shape index (κ1) is 19.8. The summed E-state index contributed by atoms with van der Waals surface area (Å²) in [5.74, 6) is 0.827. The monoisotopic (exact) mass is 396 g/mol. The number of nitro benzene ring substituents is 1. The molecule has 0 aliphatic carbocycles. The molecule has 1 N–H and O–H groups in total. The molecule has 0 aliphatic heterocycles. The zero-order chi connectivity index (χ0) is 20.6. The minimum atomic E-state index is -0.507. The second-order valence-corrected chi connectivity index (χ2v) is 6.02. The van der Waals surface area contributed by atoms with Gasteiger partial charge in [-0.3, -0.25) is 14.9 Å². The van der Waals surface area contributed by atoms with Crippen LogP contribution in [0.4, 0.5) is 10.1 Å². The number of carbonyl (C=O) groups is 1. The number of nitro groups is 1. The summed E-state index contributed by atoms with van der Waals surface area (Å²) in [5, 5.41) is 13.3. The van der Waals surface area contributed by atoms with Crippen molar-refractivity contribution in [3.63, 3.8) is 0 Å². The summed E-state index contributed by atoms with van der Waals surface area (Å²) in [6, 6.07) is 18.3. The topological polar surface area (TPSA) is 90.7 Å². The van der Waals surface area contributed by atoms with Crippen LogP contribution in [-0.2, 0) is 11.3 Å². The van der Waals surface area contributed by atoms with Crippen LogP contribution in [0.3, 0.4) is 0 Å². The van der Waals surface area contributed by atoms with E-state index < -0.39 is 4.92 Å². The van der Waals surface area contributed by atoms with E-state index in [0.717, 1.165) is 5.56 Å². The Bertz CT molecular complexity index is 973. The molecule has 0 saturated carbocycles. The van der Waals surface area contributed by atoms with Gasteiger partial charge >= 0.3 is 0 Å². The van der Waals surface area contributed by atoms with E-state index in [1.54, 1.807) is 24.3 Å². The number of rotatable bonds is 8. The average molecular weight is 396 g/mol. The van der Waals surface area contributed by atoms with Crippen LogP contribution < -0.4 is 14.8 Å². The number of non-ortho nitro benzene ring substituents is 1. The maximum atomic E-state index is 12.9. The van der Waals surface area contributed by atoms with Gasteiger partial charge in [0, 0.05) is 18.7 Å². The largest absolute Gasteiger partial charge is 0.484 e. The number of hydrogen-bond acceptors (Lipinski definition) is 5. The Labute approximate surface area is 165 Å². The van der Waals surface area contributed by atoms with Gasteiger partial charge in [-0.05, 0) is 54.1 Å². The van der Waals surface area contributed by atoms with Gasteiger partial charge in [-0.1, -0.05) is 12.1 Å². The molecule has 0 bridgehead atoms. The van der Waals surface area contributed by atoms with Crippen molar-refractivity contribution >= 4 is 11.6 Å². The minimum absolute atomic E-state index is 0.0475. The first-order chi connectivity index (χ1) is 14.0. The van der Waals surface area contributed by atoms with Crippen molar-refractivity contribution in [3.05, 3.63) is 94.3 Å². The Morgan fingerprint density at radius 2 is 1.45 bits per heavy atom. The first-order valence-electron chi connectivity index (χ1n) is 8.66. The number of hydrogen-bond donors (Lipinski definition) is 1. The SMILES string of the molecule is O=C(COc1ccc([N+](=O)[O-])cc1)NCc1ccc(Oc2ccc(F)cc2)cc1. The number of benzene rings is 3. The molecule has 29 heavy (non-hydrogen) atoms. The highest BCUT2D eigenvalue weighted by atomic mass is 19.1. The van der Waals surface area contributed by atoms with Crippen molar-refractivity contribution in [2.45, 2.75) is 6.54 Å². The number of nitrogens with one attached hydrogen (secondary N) is 1. The summed E-state index contributed by atoms with van der Waals surface area (Å²) in [4.78, 5) is 22.0. The van der Waals surface area contributed by atoms with E-state index >= 15 is 0 Å². The third-order valence-electron chi connectivity index (χ3n) is 3.88. The van der Waals surface area contributed by atoms with Crippen molar-refractivity contribution in [3.8, 4) is 17.2 Å². The molecule has 0 unspecified atom stereocenters. The van der Waals surface area contributed by atoms with Crippen molar-refractivity contribution < 1.29 is 23.6 Å². The maximum absolute atomic E-state index is 12.9. The zero-order valence-electron chi connectivity index (χ0n) is 15.2. The van der Waals surface area contributed by atoms with E-state index in [1.807, 2.05) is 0 Å². The van der Waals surface area contributed by atoms with E-state index in [9.17, 15) is 19.3 Å². The Morgan fingerprint density at radius 3 is 2.03 bits per heavy atom. The number of carbonyl (C=O) groups excluding carboxylic acids is 1. The van der Waals surface area contributed by atoms with Gasteiger partial charge in [0.15, 0.2) is 6.61 Å². The molecule has 3 aromatic rings. The number of ether oxygens (including phenoxy) is 2. The normalized spacial score (nSPS) is 10.2. The van der Waals surface area contributed by atoms with Gasteiger partial charge in [0.05, 0.1) is 4.92 Å². The molecule has 7 nitrogen and oxygen atoms in total. The molecule has 0 aromatic heterocycles. The molecule has 0 atom stereocenters. The van der Waals surface area contributed by atoms with Crippen molar-refractivity contribution in [2.24, 2.45) is 0 Å². The van der Waals surface area contributed by atoms with Crippen LogP contribution in [0.5, 0.6) is 17.2 Å². The summed E-state index contributed by atoms with van der Waals surface area (Å²) in [6.45, 7) is 0.100. The van der Waals surface area contributed by atoms with Gasteiger partial charge in [0.1, 0.15) is 23.1 Å². The van der Waals surface area contributed by atoms with Crippen molar-refractivity contribution in [2.75, 3.05) is 6.61 Å². The highest BCUT2D eigenvalue weighted by Gasteiger charge is 2.07. The van der Waals surface area contributed by atoms with Crippen LogP contribution in [0.25, 0.3) is 0 Å². The molecule has 0 spiro atoms. The lowest BCUT2D eigenvalue weighted by atomic mass is 10.2. The lowest BCUT2D eigenvalue weighted by Crippen LogP contribution is -2.28. The van der Waals surface area contributed by atoms with Crippen LogP contribution in [-0.4, -0.2) is 17.4 Å². The average Bonchev–Trinajstić information content (AvgIpc) is 2.73. The highest BCUT2D eigenvalue weighted by Crippen LogP contribution is 2.22. The summed E-state index contributed by atoms with van der Waals surface area (Å²) in [5.41, 5.74) is 0.814. The Hall–Kier alpha value is -3.94. The lowest BCUT2D eigenvalue weighted by Gasteiger charge is -2.09. The summed E-state index contributed by atoms with van der Waals surface area (Å²) >= 11 is 0. The molecular formula is C21H17FN2O5. The van der Waals surface area contributed by atoms with E-state index in [-0.39, 0.29) is 24.0 Å². The van der Waals surface area contributed by atoms with Gasteiger partial charge in [-0.2, -0.15) is 0 Å². The fourth-order valence-electron chi connectivity index (χ4n) is 2.38. The van der Waals surface area contributed by atoms with E-state index in [0.29, 0.717) is 23.8 Å². The first-order valence-corrected chi connectivity index (χ1v) is 8.66. The van der Waals surface area contributed by atoms with Crippen molar-refractivity contribution in [1.29, 1.82) is 0 Å². The Kier molecular flexibility index (Phi) is 6.36. The fraction of sp³-hybridized carbons (Fsp3) is 0.0952. The third-order valence-corrected chi connectivity index (χ3v) is 3.88. The fourth-order valence-corrected chi connectivity index (χ4v) is 2.38. The quantitative estimate of drug-likeness (QED) is 0.455. The predicted molar refractivity (Wildman–Crippen MR) is 103 cm³/mol. The summed E-state index contributed by atoms with van der Waals surface area (Å²) < 4.78 is 23.8. The number of halogens is 1. The second kappa shape index (κ2) is 9.32. The van der Waals surface area contributed by atoms with Gasteiger partial charge in [0.2, 0.25) is 0 Å². The van der Waals surface area contributed by atoms with E-state index in [4.69, 9.17) is 9.47 Å². The molecule has 0 aliphatic rings. The molecule has 3 rings (SSSR count). The van der Waals surface area contributed by atoms with Crippen LogP contribution in [0, 0.1) is 15.9 Å². The van der Waals surface area contributed by atoms with Crippen LogP contribution in [0.15, 0.2) is 72.8 Å². The maximum Gasteiger partial charge on any atom is 0.269 e. The molecule has 148 valence electrons. The zero-order valence-corrected chi connectivity index (χ0v) is 15.2. The second-order valence-electron chi connectivity index (χ2n) is 6.02. The molecule has 0 saturated heterocycles. The van der Waals surface area contributed by atoms with E-state index in [2.05, 4.69) is 5.32 Å². The van der Waals surface area contributed by atoms with Gasteiger partial charge < -0.3 is 14.8 Å². The van der Waals surface area contributed by atoms with Crippen LogP contribution >= 0.6 is 0 Å². The molecule has 8 heteroatoms. The van der Waals surface area contributed by atoms with E-state index in [1.165, 1.54) is 48.5 Å². The lowest BCUT2D eigenvalue weighted by molar-refractivity contribution is -0.384. The summed E-state index contributed by atoms with van der Waals surface area (Å²) in [6.07, 6.45) is 0. The predicted octanol–water partition coefficient (Wildman–Crippen LogP) is 4.22. The molecule has 0 heterocycles. The number of nitrogens with zero attached hydrogens (tertiary/aromatic N) is 1. The smallest absolute Gasteiger partial charge is 0.269 e. The van der Waals surface area contributed by atoms with Crippen molar-refractivity contribution in [1.82, 2.24) is 5.32 Å². The minimum Gasteiger partial charge on any atom is -0.484 e. The van der Waals surface area contributed by atoms with Crippen LogP contribution in [0.1, 0.15) is 5.56 Å². The summed E-state index contributed by atoms with van der Waals surface area (Å²) in [7, 11) is 0. The number of amides is 1. The standard InChI is InChI=1S/C21H17FN2O5/c22-16-3-9-20(10-4-16)29-19-7-1-15(2-8-19)13-23-21(25)14-28-18-11-5-17(6-12-18)24(26)27/h1-12H,13-14H2,(H,23,25). The third kappa shape index (κ3) is 6.03.